The third kappa shape index (κ3) is 2.13. The number of aromatic nitrogens is 2. The Morgan fingerprint density at radius 3 is 2.60 bits per heavy atom. The van der Waals surface area contributed by atoms with Gasteiger partial charge >= 0.3 is 0 Å². The molecule has 0 N–H and O–H groups in total. The van der Waals surface area contributed by atoms with Crippen LogP contribution in [0.1, 0.15) is 18.7 Å². The fraction of sp³-hybridized carbons (Fsp3) is 0.375. The maximum atomic E-state index is 4.08. The van der Waals surface area contributed by atoms with E-state index in [1.165, 1.54) is 0 Å². The molecule has 0 aliphatic rings. The van der Waals surface area contributed by atoms with E-state index in [2.05, 4.69) is 16.9 Å². The molecule has 1 rings (SSSR count). The minimum Gasteiger partial charge on any atom is -0.241 e. The monoisotopic (exact) mass is 135 g/mol. The highest BCUT2D eigenvalue weighted by Gasteiger charge is 1.90. The normalized spacial score (nSPS) is 9.70. The summed E-state index contributed by atoms with van der Waals surface area (Å²) in [6.45, 7) is 3.75. The maximum absolute atomic E-state index is 4.08. The Morgan fingerprint density at radius 2 is 2.00 bits per heavy atom. The van der Waals surface area contributed by atoms with Gasteiger partial charge in [-0.15, -0.1) is 0 Å². The Hall–Kier alpha value is -0.920. The molecule has 0 fully saturated rings. The van der Waals surface area contributed by atoms with Gasteiger partial charge < -0.3 is 0 Å². The van der Waals surface area contributed by atoms with E-state index in [9.17, 15) is 0 Å². The van der Waals surface area contributed by atoms with Crippen LogP contribution < -0.4 is 0 Å². The molecular weight excluding hydrogens is 124 g/mol. The van der Waals surface area contributed by atoms with E-state index in [-0.39, 0.29) is 0 Å². The van der Waals surface area contributed by atoms with Crippen LogP contribution in [-0.2, 0) is 6.42 Å². The van der Waals surface area contributed by atoms with Crippen LogP contribution in [0.2, 0.25) is 0 Å². The molecule has 53 valence electrons. The first-order valence-electron chi connectivity index (χ1n) is 3.48. The first-order valence-corrected chi connectivity index (χ1v) is 3.48. The Kier molecular flexibility index (Phi) is 2.87. The lowest BCUT2D eigenvalue weighted by Gasteiger charge is -1.94. The first kappa shape index (κ1) is 7.19. The molecule has 0 aliphatic heterocycles. The highest BCUT2D eigenvalue weighted by Crippen LogP contribution is 1.95. The topological polar surface area (TPSA) is 25.8 Å². The molecule has 0 atom stereocenters. The van der Waals surface area contributed by atoms with Crippen molar-refractivity contribution < 1.29 is 0 Å². The molecule has 1 radical (unpaired) electrons. The Balaban J connectivity index is 2.43. The summed E-state index contributed by atoms with van der Waals surface area (Å²) < 4.78 is 0. The second kappa shape index (κ2) is 3.99. The van der Waals surface area contributed by atoms with Crippen LogP contribution >= 0.6 is 0 Å². The van der Waals surface area contributed by atoms with Crippen LogP contribution in [0, 0.1) is 6.92 Å². The summed E-state index contributed by atoms with van der Waals surface area (Å²) in [7, 11) is 0. The van der Waals surface area contributed by atoms with E-state index in [0.29, 0.717) is 0 Å². The summed E-state index contributed by atoms with van der Waals surface area (Å²) in [5, 5.41) is 0. The molecule has 0 aliphatic carbocycles. The van der Waals surface area contributed by atoms with Gasteiger partial charge in [0.1, 0.15) is 5.82 Å². The van der Waals surface area contributed by atoms with E-state index in [4.69, 9.17) is 0 Å². The molecule has 0 spiro atoms. The van der Waals surface area contributed by atoms with Crippen LogP contribution in [0.4, 0.5) is 0 Å². The number of aryl methyl sites for hydroxylation is 1. The number of hydrogen-bond donors (Lipinski definition) is 0. The molecule has 1 aromatic heterocycles. The predicted molar refractivity (Wildman–Crippen MR) is 40.3 cm³/mol. The zero-order chi connectivity index (χ0) is 7.23. The van der Waals surface area contributed by atoms with Crippen molar-refractivity contribution >= 4 is 0 Å². The lowest BCUT2D eigenvalue weighted by molar-refractivity contribution is 0.783. The number of nitrogens with zero attached hydrogens (tertiary/aromatic N) is 2. The van der Waals surface area contributed by atoms with Crippen LogP contribution in [0.5, 0.6) is 0 Å². The van der Waals surface area contributed by atoms with Gasteiger partial charge in [0.2, 0.25) is 0 Å². The number of hydrogen-bond acceptors (Lipinski definition) is 2. The van der Waals surface area contributed by atoms with E-state index in [1.807, 2.05) is 6.07 Å². The van der Waals surface area contributed by atoms with Crippen molar-refractivity contribution in [1.82, 2.24) is 9.97 Å². The molecule has 0 saturated heterocycles. The second-order valence-electron chi connectivity index (χ2n) is 2.12. The van der Waals surface area contributed by atoms with Crippen molar-refractivity contribution in [2.45, 2.75) is 19.3 Å². The molecule has 0 saturated carbocycles. The van der Waals surface area contributed by atoms with Crippen molar-refractivity contribution in [2.24, 2.45) is 0 Å². The molecule has 1 heterocycles. The number of unbranched alkanes of at least 4 members (excludes halogenated alkanes) is 1. The largest absolute Gasteiger partial charge is 0.241 e. The average Bonchev–Trinajstić information content (AvgIpc) is 2.03. The fourth-order valence-electron chi connectivity index (χ4n) is 0.742. The van der Waals surface area contributed by atoms with Gasteiger partial charge in [-0.2, -0.15) is 0 Å². The van der Waals surface area contributed by atoms with E-state index >= 15 is 0 Å². The first-order chi connectivity index (χ1) is 4.93. The minimum absolute atomic E-state index is 0.922. The predicted octanol–water partition coefficient (Wildman–Crippen LogP) is 1.63. The van der Waals surface area contributed by atoms with Gasteiger partial charge in [0, 0.05) is 18.8 Å². The van der Waals surface area contributed by atoms with Crippen molar-refractivity contribution in [3.63, 3.8) is 0 Å². The molecule has 10 heavy (non-hydrogen) atoms. The smallest absolute Gasteiger partial charge is 0.128 e. The van der Waals surface area contributed by atoms with Crippen LogP contribution in [-0.4, -0.2) is 9.97 Å². The maximum Gasteiger partial charge on any atom is 0.128 e. The van der Waals surface area contributed by atoms with E-state index in [1.54, 1.807) is 12.4 Å². The summed E-state index contributed by atoms with van der Waals surface area (Å²) in [5.74, 6) is 0.922. The van der Waals surface area contributed by atoms with Crippen molar-refractivity contribution in [1.29, 1.82) is 0 Å². The highest BCUT2D eigenvalue weighted by atomic mass is 14.8. The summed E-state index contributed by atoms with van der Waals surface area (Å²) >= 11 is 0. The van der Waals surface area contributed by atoms with Crippen LogP contribution in [0.3, 0.4) is 0 Å². The Labute approximate surface area is 61.3 Å². The molecule has 2 nitrogen and oxygen atoms in total. The molecule has 0 aromatic carbocycles. The number of rotatable bonds is 3. The third-order valence-electron chi connectivity index (χ3n) is 1.27. The van der Waals surface area contributed by atoms with Gasteiger partial charge in [-0.1, -0.05) is 13.3 Å². The Morgan fingerprint density at radius 1 is 1.30 bits per heavy atom. The lowest BCUT2D eigenvalue weighted by atomic mass is 10.2. The summed E-state index contributed by atoms with van der Waals surface area (Å²) in [6.07, 6.45) is 6.52. The van der Waals surface area contributed by atoms with Gasteiger partial charge in [-0.05, 0) is 12.5 Å². The van der Waals surface area contributed by atoms with Crippen LogP contribution in [0.25, 0.3) is 0 Å². The zero-order valence-corrected chi connectivity index (χ0v) is 5.95. The SMILES string of the molecule is [CH2]CCCc1ncccn1. The van der Waals surface area contributed by atoms with Crippen molar-refractivity contribution in [3.8, 4) is 0 Å². The van der Waals surface area contributed by atoms with E-state index in [0.717, 1.165) is 25.1 Å². The van der Waals surface area contributed by atoms with Gasteiger partial charge in [-0.25, -0.2) is 9.97 Å². The average molecular weight is 135 g/mol. The molecule has 1 aromatic rings. The van der Waals surface area contributed by atoms with Crippen LogP contribution in [0.15, 0.2) is 18.5 Å². The van der Waals surface area contributed by atoms with Crippen molar-refractivity contribution in [2.75, 3.05) is 0 Å². The van der Waals surface area contributed by atoms with Gasteiger partial charge in [-0.3, -0.25) is 0 Å². The van der Waals surface area contributed by atoms with Gasteiger partial charge in [0.05, 0.1) is 0 Å². The van der Waals surface area contributed by atoms with Gasteiger partial charge in [0.15, 0.2) is 0 Å². The molecule has 0 amide bonds. The highest BCUT2D eigenvalue weighted by molar-refractivity contribution is 4.88. The minimum atomic E-state index is 0.922. The van der Waals surface area contributed by atoms with Gasteiger partial charge in [0.25, 0.3) is 0 Å². The van der Waals surface area contributed by atoms with Crippen molar-refractivity contribution in [3.05, 3.63) is 31.2 Å². The quantitative estimate of drug-likeness (QED) is 0.629. The fourth-order valence-corrected chi connectivity index (χ4v) is 0.742. The molecule has 0 unspecified atom stereocenters. The Bertz CT molecular complexity index is 172. The molecule has 0 bridgehead atoms. The second-order valence-corrected chi connectivity index (χ2v) is 2.12. The standard InChI is InChI=1S/C8H11N2/c1-2-3-5-8-9-6-4-7-10-8/h4,6-7H,1-3,5H2. The summed E-state index contributed by atoms with van der Waals surface area (Å²) in [4.78, 5) is 8.15. The zero-order valence-electron chi connectivity index (χ0n) is 5.95. The van der Waals surface area contributed by atoms with E-state index < -0.39 is 0 Å². The lowest BCUT2D eigenvalue weighted by Crippen LogP contribution is -1.91. The summed E-state index contributed by atoms with van der Waals surface area (Å²) in [5.41, 5.74) is 0. The molecular formula is C8H11N2. The molecule has 2 heteroatoms. The third-order valence-corrected chi connectivity index (χ3v) is 1.27. The summed E-state index contributed by atoms with van der Waals surface area (Å²) in [6, 6.07) is 1.83.